The lowest BCUT2D eigenvalue weighted by molar-refractivity contribution is 0.0799. The van der Waals surface area contributed by atoms with E-state index in [1.165, 1.54) is 5.56 Å². The van der Waals surface area contributed by atoms with Gasteiger partial charge in [0.2, 0.25) is 0 Å². The van der Waals surface area contributed by atoms with Crippen LogP contribution in [-0.2, 0) is 16.1 Å². The minimum Gasteiger partial charge on any atom is -0.494 e. The molecule has 0 heterocycles. The van der Waals surface area contributed by atoms with Crippen molar-refractivity contribution < 1.29 is 9.47 Å². The normalized spacial score (nSPS) is 13.1. The largest absolute Gasteiger partial charge is 0.494 e. The van der Waals surface area contributed by atoms with Crippen LogP contribution in [0.15, 0.2) is 54.8 Å². The molecule has 98 valence electrons. The van der Waals surface area contributed by atoms with Gasteiger partial charge in [-0.1, -0.05) is 49.9 Å². The molecule has 0 bridgehead atoms. The maximum absolute atomic E-state index is 5.76. The Morgan fingerprint density at radius 2 is 2.06 bits per heavy atom. The van der Waals surface area contributed by atoms with Crippen LogP contribution in [0.25, 0.3) is 0 Å². The smallest absolute Gasteiger partial charge is 0.106 e. The lowest BCUT2D eigenvalue weighted by atomic mass is 10.2. The van der Waals surface area contributed by atoms with Crippen molar-refractivity contribution in [3.8, 4) is 0 Å². The quantitative estimate of drug-likeness (QED) is 0.508. The van der Waals surface area contributed by atoms with Crippen LogP contribution < -0.4 is 0 Å². The minimum atomic E-state index is 0.0463. The van der Waals surface area contributed by atoms with E-state index in [9.17, 15) is 0 Å². The summed E-state index contributed by atoms with van der Waals surface area (Å²) in [4.78, 5) is 0. The third-order valence-corrected chi connectivity index (χ3v) is 2.51. The Morgan fingerprint density at radius 3 is 2.67 bits per heavy atom. The molecular weight excluding hydrogens is 224 g/mol. The van der Waals surface area contributed by atoms with Gasteiger partial charge in [0.05, 0.1) is 18.5 Å². The predicted octanol–water partition coefficient (Wildman–Crippen LogP) is 4.09. The monoisotopic (exact) mass is 246 g/mol. The summed E-state index contributed by atoms with van der Waals surface area (Å²) in [6.45, 7) is 8.90. The van der Waals surface area contributed by atoms with Gasteiger partial charge in [-0.2, -0.15) is 0 Å². The lowest BCUT2D eigenvalue weighted by Gasteiger charge is -2.12. The number of allylic oxidation sites excluding steroid dienone is 1. The van der Waals surface area contributed by atoms with Crippen LogP contribution in [0.2, 0.25) is 0 Å². The number of hydrogen-bond acceptors (Lipinski definition) is 2. The molecule has 1 aromatic rings. The highest BCUT2D eigenvalue weighted by Crippen LogP contribution is 2.09. The van der Waals surface area contributed by atoms with Crippen molar-refractivity contribution in [3.05, 3.63) is 60.4 Å². The van der Waals surface area contributed by atoms with Gasteiger partial charge in [-0.15, -0.1) is 0 Å². The summed E-state index contributed by atoms with van der Waals surface area (Å²) < 4.78 is 11.3. The molecular formula is C16H22O2. The van der Waals surface area contributed by atoms with Gasteiger partial charge >= 0.3 is 0 Å². The van der Waals surface area contributed by atoms with Crippen LogP contribution in [0.5, 0.6) is 0 Å². The summed E-state index contributed by atoms with van der Waals surface area (Å²) in [5, 5.41) is 0. The molecule has 0 fully saturated rings. The summed E-state index contributed by atoms with van der Waals surface area (Å²) in [5.41, 5.74) is 1.18. The molecule has 0 saturated heterocycles. The number of benzene rings is 1. The van der Waals surface area contributed by atoms with Gasteiger partial charge in [-0.05, 0) is 18.6 Å². The van der Waals surface area contributed by atoms with Gasteiger partial charge in [-0.25, -0.2) is 0 Å². The van der Waals surface area contributed by atoms with E-state index in [2.05, 4.69) is 25.6 Å². The topological polar surface area (TPSA) is 18.5 Å². The standard InChI is InChI=1S/C16H22O2/c1-4-11-17-16(5-2)12-14(3)18-13-15-9-7-6-8-10-15/h4,6-10,12,14H,1,5,11,13H2,2-3H3/b16-12+. The average Bonchev–Trinajstić information content (AvgIpc) is 2.42. The highest BCUT2D eigenvalue weighted by Gasteiger charge is 2.02. The first-order chi connectivity index (χ1) is 8.76. The van der Waals surface area contributed by atoms with Gasteiger partial charge in [0, 0.05) is 6.42 Å². The van der Waals surface area contributed by atoms with E-state index in [1.54, 1.807) is 6.08 Å². The summed E-state index contributed by atoms with van der Waals surface area (Å²) in [5.74, 6) is 0.954. The molecule has 0 aliphatic heterocycles. The maximum atomic E-state index is 5.76. The summed E-state index contributed by atoms with van der Waals surface area (Å²) in [6.07, 6.45) is 4.68. The number of hydrogen-bond donors (Lipinski definition) is 0. The molecule has 0 aromatic heterocycles. The van der Waals surface area contributed by atoms with E-state index in [1.807, 2.05) is 31.2 Å². The highest BCUT2D eigenvalue weighted by atomic mass is 16.5. The molecule has 0 aliphatic carbocycles. The molecule has 1 unspecified atom stereocenters. The molecule has 0 aliphatic rings. The molecule has 0 radical (unpaired) electrons. The Morgan fingerprint density at radius 1 is 1.33 bits per heavy atom. The maximum Gasteiger partial charge on any atom is 0.106 e. The van der Waals surface area contributed by atoms with Crippen LogP contribution in [0.4, 0.5) is 0 Å². The molecule has 18 heavy (non-hydrogen) atoms. The fourth-order valence-corrected chi connectivity index (χ4v) is 1.55. The SMILES string of the molecule is C=CCO/C(=C/C(C)OCc1ccccc1)CC. The molecule has 2 heteroatoms. The molecule has 0 saturated carbocycles. The summed E-state index contributed by atoms with van der Waals surface area (Å²) in [7, 11) is 0. The van der Waals surface area contributed by atoms with Crippen LogP contribution in [0.1, 0.15) is 25.8 Å². The zero-order valence-electron chi connectivity index (χ0n) is 11.3. The third-order valence-electron chi connectivity index (χ3n) is 2.51. The van der Waals surface area contributed by atoms with Crippen LogP contribution in [-0.4, -0.2) is 12.7 Å². The molecule has 1 rings (SSSR count). The first kappa shape index (κ1) is 14.5. The fourth-order valence-electron chi connectivity index (χ4n) is 1.55. The Kier molecular flexibility index (Phi) is 6.89. The van der Waals surface area contributed by atoms with Crippen molar-refractivity contribution in [1.82, 2.24) is 0 Å². The first-order valence-electron chi connectivity index (χ1n) is 6.36. The number of rotatable bonds is 8. The third kappa shape index (κ3) is 5.69. The van der Waals surface area contributed by atoms with E-state index in [4.69, 9.17) is 9.47 Å². The van der Waals surface area contributed by atoms with E-state index in [0.717, 1.165) is 12.2 Å². The van der Waals surface area contributed by atoms with Gasteiger partial charge < -0.3 is 9.47 Å². The van der Waals surface area contributed by atoms with Gasteiger partial charge in [0.25, 0.3) is 0 Å². The van der Waals surface area contributed by atoms with Gasteiger partial charge in [-0.3, -0.25) is 0 Å². The van der Waals surface area contributed by atoms with Crippen molar-refractivity contribution in [3.63, 3.8) is 0 Å². The molecule has 1 atom stereocenters. The van der Waals surface area contributed by atoms with Crippen molar-refractivity contribution in [2.75, 3.05) is 6.61 Å². The van der Waals surface area contributed by atoms with Crippen molar-refractivity contribution in [2.45, 2.75) is 33.0 Å². The van der Waals surface area contributed by atoms with E-state index in [0.29, 0.717) is 13.2 Å². The second-order valence-corrected chi connectivity index (χ2v) is 4.09. The minimum absolute atomic E-state index is 0.0463. The van der Waals surface area contributed by atoms with Crippen LogP contribution >= 0.6 is 0 Å². The Bertz CT molecular complexity index is 368. The molecule has 0 spiro atoms. The van der Waals surface area contributed by atoms with Gasteiger partial charge in [0.15, 0.2) is 0 Å². The lowest BCUT2D eigenvalue weighted by Crippen LogP contribution is -2.07. The van der Waals surface area contributed by atoms with Crippen molar-refractivity contribution in [2.24, 2.45) is 0 Å². The number of ether oxygens (including phenoxy) is 2. The van der Waals surface area contributed by atoms with Crippen molar-refractivity contribution in [1.29, 1.82) is 0 Å². The summed E-state index contributed by atoms with van der Waals surface area (Å²) in [6, 6.07) is 10.2. The van der Waals surface area contributed by atoms with E-state index in [-0.39, 0.29) is 6.10 Å². The highest BCUT2D eigenvalue weighted by molar-refractivity contribution is 5.13. The second kappa shape index (κ2) is 8.54. The van der Waals surface area contributed by atoms with E-state index >= 15 is 0 Å². The fraction of sp³-hybridized carbons (Fsp3) is 0.375. The second-order valence-electron chi connectivity index (χ2n) is 4.09. The van der Waals surface area contributed by atoms with Gasteiger partial charge in [0.1, 0.15) is 6.61 Å². The van der Waals surface area contributed by atoms with E-state index < -0.39 is 0 Å². The molecule has 2 nitrogen and oxygen atoms in total. The average molecular weight is 246 g/mol. The summed E-state index contributed by atoms with van der Waals surface area (Å²) >= 11 is 0. The first-order valence-corrected chi connectivity index (χ1v) is 6.36. The zero-order chi connectivity index (χ0) is 13.2. The van der Waals surface area contributed by atoms with Crippen LogP contribution in [0.3, 0.4) is 0 Å². The Labute approximate surface area is 110 Å². The molecule has 0 N–H and O–H groups in total. The zero-order valence-corrected chi connectivity index (χ0v) is 11.3. The molecule has 1 aromatic carbocycles. The van der Waals surface area contributed by atoms with Crippen LogP contribution in [0, 0.1) is 0 Å². The Hall–Kier alpha value is -1.54. The van der Waals surface area contributed by atoms with Crippen molar-refractivity contribution >= 4 is 0 Å². The Balaban J connectivity index is 2.41. The predicted molar refractivity (Wildman–Crippen MR) is 75.2 cm³/mol. The molecule has 0 amide bonds.